The van der Waals surface area contributed by atoms with E-state index in [1.807, 2.05) is 0 Å². The van der Waals surface area contributed by atoms with E-state index in [0.29, 0.717) is 34.4 Å². The maximum Gasteiger partial charge on any atom is 0.434 e. The van der Waals surface area contributed by atoms with Gasteiger partial charge in [0.15, 0.2) is 17.2 Å². The van der Waals surface area contributed by atoms with Gasteiger partial charge in [-0.2, -0.15) is 13.2 Å². The number of benzene rings is 1. The minimum atomic E-state index is -4.42. The predicted octanol–water partition coefficient (Wildman–Crippen LogP) is 4.50. The van der Waals surface area contributed by atoms with Gasteiger partial charge in [0, 0.05) is 29.1 Å². The number of amides is 1. The van der Waals surface area contributed by atoms with Crippen LogP contribution < -0.4 is 19.5 Å². The fraction of sp³-hybridized carbons (Fsp3) is 0.565. The summed E-state index contributed by atoms with van der Waals surface area (Å²) >= 11 is 1.05. The fourth-order valence-corrected chi connectivity index (χ4v) is 5.81. The van der Waals surface area contributed by atoms with Crippen LogP contribution in [0.25, 0.3) is 0 Å². The fourth-order valence-electron chi connectivity index (χ4n) is 5.01. The third-order valence-corrected chi connectivity index (χ3v) is 7.38. The van der Waals surface area contributed by atoms with Gasteiger partial charge in [-0.25, -0.2) is 4.98 Å². The molecule has 34 heavy (non-hydrogen) atoms. The number of hydrogen-bond donors (Lipinski definition) is 1. The molecule has 11 heteroatoms. The normalized spacial score (nSPS) is 22.8. The number of nitrogens with zero attached hydrogens (tertiary/aromatic N) is 2. The first-order valence-electron chi connectivity index (χ1n) is 11.1. The summed E-state index contributed by atoms with van der Waals surface area (Å²) in [5, 5.41) is 4.69. The Hall–Kier alpha value is -2.53. The molecule has 0 aliphatic carbocycles. The lowest BCUT2D eigenvalue weighted by Crippen LogP contribution is -2.56. The van der Waals surface area contributed by atoms with Crippen molar-refractivity contribution in [3.63, 3.8) is 0 Å². The summed E-state index contributed by atoms with van der Waals surface area (Å²) in [7, 11) is 4.49. The molecule has 0 spiro atoms. The Morgan fingerprint density at radius 2 is 1.74 bits per heavy atom. The number of rotatable bonds is 7. The first-order valence-corrected chi connectivity index (χ1v) is 12.0. The Morgan fingerprint density at radius 3 is 2.24 bits per heavy atom. The molecule has 2 fully saturated rings. The zero-order valence-electron chi connectivity index (χ0n) is 19.3. The number of hydrogen-bond acceptors (Lipinski definition) is 7. The number of carbonyl (C=O) groups is 1. The van der Waals surface area contributed by atoms with E-state index < -0.39 is 11.9 Å². The SMILES string of the molecule is COc1cc(C(=O)NC2CC3CCCC(C2)N3Cc2nc(C(F)(F)F)cs2)cc(OC)c1OC. The summed E-state index contributed by atoms with van der Waals surface area (Å²) in [5.41, 5.74) is -0.422. The first kappa shape index (κ1) is 24.6. The van der Waals surface area contributed by atoms with Crippen molar-refractivity contribution in [2.45, 2.75) is 63.0 Å². The standard InChI is InChI=1S/C23H28F3N3O4S/c1-31-17-7-13(8-18(32-2)21(17)33-3)22(30)27-14-9-15-5-4-6-16(10-14)29(15)11-20-28-19(12-34-20)23(24,25)26/h7-8,12,14-16H,4-6,9-11H2,1-3H3,(H,27,30). The second-order valence-corrected chi connectivity index (χ2v) is 9.53. The molecule has 186 valence electrons. The van der Waals surface area contributed by atoms with Gasteiger partial charge in [-0.1, -0.05) is 6.42 Å². The van der Waals surface area contributed by atoms with Crippen LogP contribution in [0.3, 0.4) is 0 Å². The van der Waals surface area contributed by atoms with Gasteiger partial charge < -0.3 is 19.5 Å². The topological polar surface area (TPSA) is 72.9 Å². The summed E-state index contributed by atoms with van der Waals surface area (Å²) in [6.45, 7) is 0.406. The lowest BCUT2D eigenvalue weighted by atomic mass is 9.81. The number of methoxy groups -OCH3 is 3. The Bertz CT molecular complexity index is 990. The second-order valence-electron chi connectivity index (χ2n) is 8.59. The van der Waals surface area contributed by atoms with Crippen molar-refractivity contribution in [3.8, 4) is 17.2 Å². The first-order chi connectivity index (χ1) is 16.2. The zero-order valence-corrected chi connectivity index (χ0v) is 20.1. The van der Waals surface area contributed by atoms with Gasteiger partial charge in [0.1, 0.15) is 5.01 Å². The number of alkyl halides is 3. The van der Waals surface area contributed by atoms with Crippen LogP contribution in [0.2, 0.25) is 0 Å². The Kier molecular flexibility index (Phi) is 7.22. The van der Waals surface area contributed by atoms with Gasteiger partial charge in [0.2, 0.25) is 5.75 Å². The van der Waals surface area contributed by atoms with Gasteiger partial charge in [0.25, 0.3) is 5.91 Å². The van der Waals surface area contributed by atoms with Gasteiger partial charge in [0.05, 0.1) is 27.9 Å². The molecule has 1 aromatic heterocycles. The smallest absolute Gasteiger partial charge is 0.434 e. The molecule has 2 saturated heterocycles. The van der Waals surface area contributed by atoms with Crippen molar-refractivity contribution in [2.75, 3.05) is 21.3 Å². The molecular weight excluding hydrogens is 471 g/mol. The highest BCUT2D eigenvalue weighted by atomic mass is 32.1. The summed E-state index contributed by atoms with van der Waals surface area (Å²) < 4.78 is 54.8. The lowest BCUT2D eigenvalue weighted by Gasteiger charge is -2.48. The van der Waals surface area contributed by atoms with Crippen molar-refractivity contribution >= 4 is 17.2 Å². The van der Waals surface area contributed by atoms with Crippen LogP contribution in [-0.4, -0.2) is 55.2 Å². The van der Waals surface area contributed by atoms with Crippen molar-refractivity contribution in [3.05, 3.63) is 33.8 Å². The second kappa shape index (κ2) is 9.99. The van der Waals surface area contributed by atoms with Crippen LogP contribution in [-0.2, 0) is 12.7 Å². The van der Waals surface area contributed by atoms with E-state index in [1.54, 1.807) is 12.1 Å². The molecule has 1 N–H and O–H groups in total. The third kappa shape index (κ3) is 5.10. The van der Waals surface area contributed by atoms with Crippen molar-refractivity contribution < 1.29 is 32.2 Å². The average Bonchev–Trinajstić information content (AvgIpc) is 3.27. The molecule has 2 aliphatic rings. The van der Waals surface area contributed by atoms with Crippen LogP contribution in [0, 0.1) is 0 Å². The lowest BCUT2D eigenvalue weighted by molar-refractivity contribution is -0.140. The maximum atomic E-state index is 13.0. The quantitative estimate of drug-likeness (QED) is 0.605. The summed E-state index contributed by atoms with van der Waals surface area (Å²) in [5.74, 6) is 0.992. The Labute approximate surface area is 200 Å². The minimum absolute atomic E-state index is 0.0276. The molecule has 3 heterocycles. The summed E-state index contributed by atoms with van der Waals surface area (Å²) in [6.07, 6.45) is 0.0310. The number of fused-ring (bicyclic) bond motifs is 2. The Balaban J connectivity index is 1.44. The van der Waals surface area contributed by atoms with Crippen LogP contribution >= 0.6 is 11.3 Å². The molecule has 2 aromatic rings. The maximum absolute atomic E-state index is 13.0. The monoisotopic (exact) mass is 499 g/mol. The molecule has 2 atom stereocenters. The number of halogens is 3. The summed E-state index contributed by atoms with van der Waals surface area (Å²) in [4.78, 5) is 19.1. The molecule has 1 aromatic carbocycles. The highest BCUT2D eigenvalue weighted by Crippen LogP contribution is 2.39. The van der Waals surface area contributed by atoms with E-state index in [1.165, 1.54) is 21.3 Å². The van der Waals surface area contributed by atoms with E-state index in [9.17, 15) is 18.0 Å². The molecule has 0 saturated carbocycles. The van der Waals surface area contributed by atoms with Crippen LogP contribution in [0.5, 0.6) is 17.2 Å². The van der Waals surface area contributed by atoms with Crippen molar-refractivity contribution in [2.24, 2.45) is 0 Å². The molecule has 4 rings (SSSR count). The number of piperidine rings is 2. The molecule has 2 aliphatic heterocycles. The number of thiazole rings is 1. The number of carbonyl (C=O) groups excluding carboxylic acids is 1. The third-order valence-electron chi connectivity index (χ3n) is 6.55. The van der Waals surface area contributed by atoms with E-state index in [4.69, 9.17) is 14.2 Å². The highest BCUT2D eigenvalue weighted by Gasteiger charge is 2.40. The Morgan fingerprint density at radius 1 is 1.12 bits per heavy atom. The van der Waals surface area contributed by atoms with Gasteiger partial charge >= 0.3 is 6.18 Å². The highest BCUT2D eigenvalue weighted by molar-refractivity contribution is 7.09. The predicted molar refractivity (Wildman–Crippen MR) is 121 cm³/mol. The van der Waals surface area contributed by atoms with Gasteiger partial charge in [-0.05, 0) is 37.8 Å². The van der Waals surface area contributed by atoms with Gasteiger partial charge in [-0.3, -0.25) is 9.69 Å². The zero-order chi connectivity index (χ0) is 24.5. The number of ether oxygens (including phenoxy) is 3. The van der Waals surface area contributed by atoms with Gasteiger partial charge in [-0.15, -0.1) is 11.3 Å². The van der Waals surface area contributed by atoms with Crippen molar-refractivity contribution in [1.82, 2.24) is 15.2 Å². The average molecular weight is 500 g/mol. The van der Waals surface area contributed by atoms with E-state index >= 15 is 0 Å². The summed E-state index contributed by atoms with van der Waals surface area (Å²) in [6, 6.07) is 3.59. The number of nitrogens with one attached hydrogen (secondary N) is 1. The molecule has 0 radical (unpaired) electrons. The molecule has 2 unspecified atom stereocenters. The molecule has 1 amide bonds. The van der Waals surface area contributed by atoms with Crippen molar-refractivity contribution in [1.29, 1.82) is 0 Å². The van der Waals surface area contributed by atoms with Crippen LogP contribution in [0.4, 0.5) is 13.2 Å². The molecular formula is C23H28F3N3O4S. The van der Waals surface area contributed by atoms with E-state index in [-0.39, 0.29) is 24.0 Å². The van der Waals surface area contributed by atoms with E-state index in [2.05, 4.69) is 15.2 Å². The number of aromatic nitrogens is 1. The van der Waals surface area contributed by atoms with Crippen LogP contribution in [0.1, 0.15) is 53.2 Å². The largest absolute Gasteiger partial charge is 0.493 e. The minimum Gasteiger partial charge on any atom is -0.493 e. The molecule has 7 nitrogen and oxygen atoms in total. The molecule has 2 bridgehead atoms. The van der Waals surface area contributed by atoms with E-state index in [0.717, 1.165) is 48.8 Å². The van der Waals surface area contributed by atoms with Crippen LogP contribution in [0.15, 0.2) is 17.5 Å².